The predicted molar refractivity (Wildman–Crippen MR) is 99.2 cm³/mol. The Labute approximate surface area is 156 Å². The summed E-state index contributed by atoms with van der Waals surface area (Å²) in [7, 11) is -1.62. The molecule has 1 aliphatic heterocycles. The second-order valence-electron chi connectivity index (χ2n) is 6.69. The molecule has 0 radical (unpaired) electrons. The molecule has 0 spiro atoms. The fourth-order valence-electron chi connectivity index (χ4n) is 3.49. The van der Waals surface area contributed by atoms with Gasteiger partial charge in [-0.15, -0.1) is 0 Å². The Morgan fingerprint density at radius 1 is 1.22 bits per heavy atom. The number of sulfonamides is 1. The smallest absolute Gasteiger partial charge is 0.371 e. The van der Waals surface area contributed by atoms with Gasteiger partial charge >= 0.3 is 6.18 Å². The zero-order valence-corrected chi connectivity index (χ0v) is 16.0. The van der Waals surface area contributed by atoms with Gasteiger partial charge in [0.1, 0.15) is 0 Å². The Morgan fingerprint density at radius 2 is 1.89 bits per heavy atom. The fraction of sp³-hybridized carbons (Fsp3) is 0.500. The number of aromatic nitrogens is 1. The number of hydrogen-bond donors (Lipinski definition) is 0. The van der Waals surface area contributed by atoms with Crippen LogP contribution in [0.25, 0.3) is 10.9 Å². The molecular formula is C18H22F3N3O2S. The van der Waals surface area contributed by atoms with Crippen LogP contribution in [0.1, 0.15) is 25.3 Å². The second-order valence-corrected chi connectivity index (χ2v) is 9.01. The Kier molecular flexibility index (Phi) is 5.36. The van der Waals surface area contributed by atoms with Crippen LogP contribution in [0.4, 0.5) is 18.9 Å². The first-order valence-corrected chi connectivity index (χ1v) is 10.4. The van der Waals surface area contributed by atoms with Gasteiger partial charge in [0, 0.05) is 43.4 Å². The normalized spacial score (nSPS) is 17.0. The van der Waals surface area contributed by atoms with Gasteiger partial charge in [0.15, 0.2) is 0 Å². The molecule has 3 rings (SSSR count). The zero-order valence-electron chi connectivity index (χ0n) is 15.2. The van der Waals surface area contributed by atoms with Crippen molar-refractivity contribution in [1.82, 2.24) is 9.29 Å². The second kappa shape index (κ2) is 7.27. The summed E-state index contributed by atoms with van der Waals surface area (Å²) >= 11 is 0. The first-order valence-electron chi connectivity index (χ1n) is 8.80. The molecule has 9 heteroatoms. The number of benzene rings is 1. The Bertz CT molecular complexity index is 923. The number of halogens is 3. The maximum Gasteiger partial charge on any atom is 0.416 e. The van der Waals surface area contributed by atoms with Crippen molar-refractivity contribution < 1.29 is 21.6 Å². The summed E-state index contributed by atoms with van der Waals surface area (Å²) in [5, 5.41) is 0.665. The third-order valence-electron chi connectivity index (χ3n) is 5.17. The molecule has 2 heterocycles. The number of nitrogens with zero attached hydrogens (tertiary/aromatic N) is 3. The molecule has 5 nitrogen and oxygen atoms in total. The van der Waals surface area contributed by atoms with Gasteiger partial charge in [-0.25, -0.2) is 12.7 Å². The molecule has 1 aliphatic rings. The van der Waals surface area contributed by atoms with Gasteiger partial charge in [-0.05, 0) is 38.0 Å². The molecule has 1 aromatic heterocycles. The van der Waals surface area contributed by atoms with E-state index in [0.29, 0.717) is 36.8 Å². The van der Waals surface area contributed by atoms with E-state index in [1.807, 2.05) is 0 Å². The lowest BCUT2D eigenvalue weighted by molar-refractivity contribution is -0.137. The highest BCUT2D eigenvalue weighted by molar-refractivity contribution is 7.89. The van der Waals surface area contributed by atoms with Gasteiger partial charge in [-0.1, -0.05) is 6.07 Å². The van der Waals surface area contributed by atoms with Crippen LogP contribution in [0.15, 0.2) is 30.5 Å². The van der Waals surface area contributed by atoms with Gasteiger partial charge < -0.3 is 4.90 Å². The fourth-order valence-corrected chi connectivity index (χ4v) is 4.56. The van der Waals surface area contributed by atoms with Crippen molar-refractivity contribution in [2.45, 2.75) is 32.0 Å². The highest BCUT2D eigenvalue weighted by atomic mass is 32.2. The molecule has 1 aromatic carbocycles. The zero-order chi connectivity index (χ0) is 19.8. The molecule has 0 atom stereocenters. The molecule has 27 heavy (non-hydrogen) atoms. The van der Waals surface area contributed by atoms with Crippen LogP contribution < -0.4 is 4.90 Å². The van der Waals surface area contributed by atoms with E-state index in [0.717, 1.165) is 17.8 Å². The Hall–Kier alpha value is -1.87. The van der Waals surface area contributed by atoms with E-state index in [9.17, 15) is 21.6 Å². The third kappa shape index (κ3) is 4.03. The van der Waals surface area contributed by atoms with Gasteiger partial charge in [0.25, 0.3) is 0 Å². The molecule has 0 bridgehead atoms. The van der Waals surface area contributed by atoms with E-state index in [2.05, 4.69) is 9.88 Å². The number of fused-ring (bicyclic) bond motifs is 1. The first-order chi connectivity index (χ1) is 12.6. The highest BCUT2D eigenvalue weighted by Crippen LogP contribution is 2.34. The molecule has 0 N–H and O–H groups in total. The molecule has 148 valence electrons. The van der Waals surface area contributed by atoms with Crippen LogP contribution in [0.2, 0.25) is 0 Å². The van der Waals surface area contributed by atoms with Gasteiger partial charge in [0.05, 0.1) is 16.8 Å². The van der Waals surface area contributed by atoms with Crippen molar-refractivity contribution in [2.24, 2.45) is 0 Å². The van der Waals surface area contributed by atoms with E-state index < -0.39 is 21.8 Å². The van der Waals surface area contributed by atoms with E-state index in [4.69, 9.17) is 0 Å². The molecule has 0 unspecified atom stereocenters. The summed E-state index contributed by atoms with van der Waals surface area (Å²) in [5.41, 5.74) is 0.410. The van der Waals surface area contributed by atoms with E-state index in [1.54, 1.807) is 20.0 Å². The van der Waals surface area contributed by atoms with Crippen LogP contribution in [0.3, 0.4) is 0 Å². The van der Waals surface area contributed by atoms with Gasteiger partial charge in [-0.3, -0.25) is 4.98 Å². The number of rotatable bonds is 4. The molecule has 1 fully saturated rings. The molecule has 0 saturated carbocycles. The quantitative estimate of drug-likeness (QED) is 0.787. The van der Waals surface area contributed by atoms with Crippen molar-refractivity contribution in [3.05, 3.63) is 36.0 Å². The molecule has 0 aliphatic carbocycles. The van der Waals surface area contributed by atoms with Crippen molar-refractivity contribution >= 4 is 26.6 Å². The van der Waals surface area contributed by atoms with Crippen molar-refractivity contribution in [2.75, 3.05) is 30.8 Å². The minimum atomic E-state index is -4.40. The number of anilines is 1. The number of alkyl halides is 3. The molecule has 0 amide bonds. The lowest BCUT2D eigenvalue weighted by Gasteiger charge is -2.37. The van der Waals surface area contributed by atoms with Gasteiger partial charge in [0.2, 0.25) is 10.0 Å². The van der Waals surface area contributed by atoms with Crippen LogP contribution in [-0.4, -0.2) is 49.6 Å². The summed E-state index contributed by atoms with van der Waals surface area (Å²) in [6.45, 7) is 2.89. The largest absolute Gasteiger partial charge is 0.416 e. The van der Waals surface area contributed by atoms with E-state index in [1.165, 1.54) is 16.6 Å². The van der Waals surface area contributed by atoms with Gasteiger partial charge in [-0.2, -0.15) is 13.2 Å². The van der Waals surface area contributed by atoms with Crippen molar-refractivity contribution in [1.29, 1.82) is 0 Å². The Balaban J connectivity index is 1.81. The monoisotopic (exact) mass is 401 g/mol. The van der Waals surface area contributed by atoms with Crippen LogP contribution in [0.5, 0.6) is 0 Å². The summed E-state index contributed by atoms with van der Waals surface area (Å²) in [6.07, 6.45) is -1.56. The van der Waals surface area contributed by atoms with Crippen molar-refractivity contribution in [3.8, 4) is 0 Å². The van der Waals surface area contributed by atoms with Crippen LogP contribution in [0, 0.1) is 0 Å². The first kappa shape index (κ1) is 19.9. The molecule has 1 saturated heterocycles. The van der Waals surface area contributed by atoms with Crippen LogP contribution in [-0.2, 0) is 16.2 Å². The minimum Gasteiger partial charge on any atom is -0.371 e. The maximum atomic E-state index is 12.9. The van der Waals surface area contributed by atoms with E-state index >= 15 is 0 Å². The summed E-state index contributed by atoms with van der Waals surface area (Å²) < 4.78 is 64.3. The summed E-state index contributed by atoms with van der Waals surface area (Å²) in [4.78, 5) is 6.17. The number of piperidine rings is 1. The third-order valence-corrected chi connectivity index (χ3v) is 7.08. The molecule has 2 aromatic rings. The highest BCUT2D eigenvalue weighted by Gasteiger charge is 2.32. The lowest BCUT2D eigenvalue weighted by atomic mass is 10.0. The topological polar surface area (TPSA) is 53.5 Å². The average molecular weight is 401 g/mol. The maximum absolute atomic E-state index is 12.9. The Morgan fingerprint density at radius 3 is 2.48 bits per heavy atom. The standard InChI is InChI=1S/C18H22F3N3O2S/c1-3-27(25,26)23(2)14-7-10-24(11-8-14)17-6-9-22-16-12-13(18(19,20)21)4-5-15(16)17/h4-6,9,12,14H,3,7-8,10-11H2,1-2H3. The lowest BCUT2D eigenvalue weighted by Crippen LogP contribution is -2.46. The molecular weight excluding hydrogens is 379 g/mol. The SMILES string of the molecule is CCS(=O)(=O)N(C)C1CCN(c2ccnc3cc(C(F)(F)F)ccc23)CC1. The average Bonchev–Trinajstić information content (AvgIpc) is 2.66. The summed E-state index contributed by atoms with van der Waals surface area (Å²) in [6, 6.07) is 5.33. The number of pyridine rings is 1. The predicted octanol–water partition coefficient (Wildman–Crippen LogP) is 3.50. The minimum absolute atomic E-state index is 0.0591. The summed E-state index contributed by atoms with van der Waals surface area (Å²) in [5.74, 6) is 0.0697. The van der Waals surface area contributed by atoms with Crippen LogP contribution >= 0.6 is 0 Å². The number of hydrogen-bond acceptors (Lipinski definition) is 4. The van der Waals surface area contributed by atoms with Crippen molar-refractivity contribution in [3.63, 3.8) is 0 Å². The van der Waals surface area contributed by atoms with E-state index in [-0.39, 0.29) is 11.8 Å².